The van der Waals surface area contributed by atoms with Crippen LogP contribution < -0.4 is 0 Å². The number of aromatic amines is 2. The summed E-state index contributed by atoms with van der Waals surface area (Å²) in [7, 11) is 0. The fraction of sp³-hybridized carbons (Fsp3) is 0.179. The van der Waals surface area contributed by atoms with Crippen LogP contribution in [0.1, 0.15) is 12.0 Å². The van der Waals surface area contributed by atoms with E-state index < -0.39 is 11.7 Å². The summed E-state index contributed by atoms with van der Waals surface area (Å²) in [6, 6.07) is 10.6. The summed E-state index contributed by atoms with van der Waals surface area (Å²) in [4.78, 5) is 22.4. The Bertz CT molecular complexity index is 1830. The highest BCUT2D eigenvalue weighted by Gasteiger charge is 2.37. The Balaban J connectivity index is 1.27. The van der Waals surface area contributed by atoms with Crippen molar-refractivity contribution < 1.29 is 13.2 Å². The standard InChI is InChI=1S/C28H21F3N8/c29-22-11-23-21(10-20(22)18-9-16(12-33-13-18)14-39-8-4-28(30,31)15-39)25(38-37-23)27-35-24-19(3-7-34-26(24)36-27)17-1-5-32-6-2-17/h1-3,5-7,9-13H,4,8,14-15H2,(H,37,38)(H,34,35,36). The van der Waals surface area contributed by atoms with Crippen molar-refractivity contribution in [2.45, 2.75) is 18.9 Å². The van der Waals surface area contributed by atoms with Gasteiger partial charge in [-0.05, 0) is 41.5 Å². The highest BCUT2D eigenvalue weighted by atomic mass is 19.3. The fourth-order valence-electron chi connectivity index (χ4n) is 5.16. The first-order chi connectivity index (χ1) is 18.9. The molecule has 0 bridgehead atoms. The van der Waals surface area contributed by atoms with Gasteiger partial charge < -0.3 is 4.98 Å². The van der Waals surface area contributed by atoms with Crippen LogP contribution in [0.15, 0.2) is 67.4 Å². The topological polar surface area (TPSA) is 99.3 Å². The molecule has 11 heteroatoms. The molecule has 2 N–H and O–H groups in total. The lowest BCUT2D eigenvalue weighted by molar-refractivity contribution is 0.0115. The summed E-state index contributed by atoms with van der Waals surface area (Å²) in [6.07, 6.45) is 8.18. The molecule has 0 unspecified atom stereocenters. The number of rotatable bonds is 5. The van der Waals surface area contributed by atoms with E-state index in [4.69, 9.17) is 0 Å². The van der Waals surface area contributed by atoms with Crippen molar-refractivity contribution in [1.82, 2.24) is 40.0 Å². The van der Waals surface area contributed by atoms with Gasteiger partial charge in [0.2, 0.25) is 0 Å². The zero-order valence-corrected chi connectivity index (χ0v) is 20.5. The van der Waals surface area contributed by atoms with Gasteiger partial charge in [-0.15, -0.1) is 0 Å². The van der Waals surface area contributed by atoms with Crippen LogP contribution in [-0.4, -0.2) is 59.0 Å². The second kappa shape index (κ2) is 8.98. The van der Waals surface area contributed by atoms with Gasteiger partial charge in [-0.25, -0.2) is 23.1 Å². The normalized spacial score (nSPS) is 15.5. The number of pyridine rings is 3. The Morgan fingerprint density at radius 1 is 0.949 bits per heavy atom. The van der Waals surface area contributed by atoms with E-state index in [-0.39, 0.29) is 13.0 Å². The number of hydrogen-bond donors (Lipinski definition) is 2. The van der Waals surface area contributed by atoms with Crippen LogP contribution in [0.4, 0.5) is 13.2 Å². The summed E-state index contributed by atoms with van der Waals surface area (Å²) in [6.45, 7) is 0.347. The maximum absolute atomic E-state index is 15.2. The van der Waals surface area contributed by atoms with Gasteiger partial charge >= 0.3 is 0 Å². The van der Waals surface area contributed by atoms with Crippen LogP contribution in [0.25, 0.3) is 55.8 Å². The molecule has 6 aromatic rings. The highest BCUT2D eigenvalue weighted by Crippen LogP contribution is 2.34. The quantitative estimate of drug-likeness (QED) is 0.303. The summed E-state index contributed by atoms with van der Waals surface area (Å²) >= 11 is 0. The van der Waals surface area contributed by atoms with Crippen molar-refractivity contribution in [2.24, 2.45) is 0 Å². The van der Waals surface area contributed by atoms with Gasteiger partial charge in [0.1, 0.15) is 11.5 Å². The molecule has 5 aromatic heterocycles. The first kappa shape index (κ1) is 23.5. The third-order valence-corrected chi connectivity index (χ3v) is 7.02. The number of H-pyrrole nitrogens is 2. The zero-order chi connectivity index (χ0) is 26.6. The average Bonchev–Trinajstić information content (AvgIpc) is 3.64. The molecule has 39 heavy (non-hydrogen) atoms. The van der Waals surface area contributed by atoms with Gasteiger partial charge in [0.25, 0.3) is 5.92 Å². The number of likely N-dealkylation sites (tertiary alicyclic amines) is 1. The van der Waals surface area contributed by atoms with Gasteiger partial charge in [-0.2, -0.15) is 5.10 Å². The van der Waals surface area contributed by atoms with E-state index in [1.165, 1.54) is 6.07 Å². The second-order valence-electron chi connectivity index (χ2n) is 9.73. The lowest BCUT2D eigenvalue weighted by atomic mass is 10.0. The first-order valence-electron chi connectivity index (χ1n) is 12.4. The maximum atomic E-state index is 15.2. The van der Waals surface area contributed by atoms with E-state index >= 15 is 4.39 Å². The molecule has 194 valence electrons. The Kier molecular flexibility index (Phi) is 5.41. The van der Waals surface area contributed by atoms with E-state index in [1.54, 1.807) is 48.0 Å². The Labute approximate surface area is 220 Å². The Morgan fingerprint density at radius 3 is 2.64 bits per heavy atom. The summed E-state index contributed by atoms with van der Waals surface area (Å²) < 4.78 is 42.5. The molecule has 0 atom stereocenters. The van der Waals surface area contributed by atoms with Crippen molar-refractivity contribution in [3.63, 3.8) is 0 Å². The second-order valence-corrected chi connectivity index (χ2v) is 9.73. The molecule has 0 radical (unpaired) electrons. The predicted molar refractivity (Wildman–Crippen MR) is 140 cm³/mol. The number of benzene rings is 1. The molecular formula is C28H21F3N8. The van der Waals surface area contributed by atoms with Crippen LogP contribution in [0, 0.1) is 5.82 Å². The van der Waals surface area contributed by atoms with E-state index in [2.05, 4.69) is 35.1 Å². The minimum Gasteiger partial charge on any atom is -0.335 e. The van der Waals surface area contributed by atoms with E-state index in [0.717, 1.165) is 22.2 Å². The third kappa shape index (κ3) is 4.30. The molecule has 7 rings (SSSR count). The third-order valence-electron chi connectivity index (χ3n) is 7.02. The molecule has 8 nitrogen and oxygen atoms in total. The van der Waals surface area contributed by atoms with Crippen molar-refractivity contribution in [3.05, 3.63) is 78.8 Å². The summed E-state index contributed by atoms with van der Waals surface area (Å²) in [5, 5.41) is 7.98. The van der Waals surface area contributed by atoms with Gasteiger partial charge in [0, 0.05) is 78.6 Å². The van der Waals surface area contributed by atoms with E-state index in [1.807, 2.05) is 18.2 Å². The Hall–Kier alpha value is -4.64. The van der Waals surface area contributed by atoms with Crippen LogP contribution in [-0.2, 0) is 6.54 Å². The highest BCUT2D eigenvalue weighted by molar-refractivity contribution is 5.97. The zero-order valence-electron chi connectivity index (χ0n) is 20.5. The minimum absolute atomic E-state index is 0.157. The summed E-state index contributed by atoms with van der Waals surface area (Å²) in [5.41, 5.74) is 5.83. The van der Waals surface area contributed by atoms with Crippen molar-refractivity contribution in [2.75, 3.05) is 13.1 Å². The lowest BCUT2D eigenvalue weighted by Crippen LogP contribution is -2.24. The molecule has 0 spiro atoms. The number of imidazole rings is 1. The summed E-state index contributed by atoms with van der Waals surface area (Å²) in [5.74, 6) is -2.63. The van der Waals surface area contributed by atoms with Crippen molar-refractivity contribution in [1.29, 1.82) is 0 Å². The van der Waals surface area contributed by atoms with Crippen LogP contribution in [0.5, 0.6) is 0 Å². The van der Waals surface area contributed by atoms with Gasteiger partial charge in [0.15, 0.2) is 11.5 Å². The van der Waals surface area contributed by atoms with Crippen LogP contribution in [0.3, 0.4) is 0 Å². The number of nitrogens with one attached hydrogen (secondary N) is 2. The molecule has 1 aliphatic heterocycles. The average molecular weight is 527 g/mol. The monoisotopic (exact) mass is 526 g/mol. The fourth-order valence-corrected chi connectivity index (χ4v) is 5.16. The number of alkyl halides is 2. The van der Waals surface area contributed by atoms with E-state index in [9.17, 15) is 8.78 Å². The predicted octanol–water partition coefficient (Wildman–Crippen LogP) is 5.61. The first-order valence-corrected chi connectivity index (χ1v) is 12.4. The van der Waals surface area contributed by atoms with Crippen molar-refractivity contribution in [3.8, 4) is 33.8 Å². The van der Waals surface area contributed by atoms with Crippen LogP contribution >= 0.6 is 0 Å². The van der Waals surface area contributed by atoms with E-state index in [0.29, 0.717) is 52.3 Å². The number of aromatic nitrogens is 7. The van der Waals surface area contributed by atoms with Crippen molar-refractivity contribution >= 4 is 22.1 Å². The molecule has 0 saturated carbocycles. The molecule has 1 fully saturated rings. The van der Waals surface area contributed by atoms with Gasteiger partial charge in [-0.3, -0.25) is 20.0 Å². The SMILES string of the molecule is Fc1cc2[nH]nc(-c3nc4nccc(-c5ccncc5)c4[nH]3)c2cc1-c1cncc(CN2CCC(F)(F)C2)c1. The number of nitrogens with zero attached hydrogens (tertiary/aromatic N) is 6. The molecule has 0 amide bonds. The molecule has 0 aliphatic carbocycles. The number of halogens is 3. The number of fused-ring (bicyclic) bond motifs is 2. The maximum Gasteiger partial charge on any atom is 0.261 e. The molecule has 1 saturated heterocycles. The minimum atomic E-state index is -2.68. The molecule has 1 aromatic carbocycles. The largest absolute Gasteiger partial charge is 0.335 e. The molecule has 6 heterocycles. The number of hydrogen-bond acceptors (Lipinski definition) is 6. The Morgan fingerprint density at radius 2 is 1.82 bits per heavy atom. The molecule has 1 aliphatic rings. The molecular weight excluding hydrogens is 505 g/mol. The van der Waals surface area contributed by atoms with Gasteiger partial charge in [-0.1, -0.05) is 0 Å². The van der Waals surface area contributed by atoms with Crippen LogP contribution in [0.2, 0.25) is 0 Å². The lowest BCUT2D eigenvalue weighted by Gasteiger charge is -2.16. The van der Waals surface area contributed by atoms with Gasteiger partial charge in [0.05, 0.1) is 17.6 Å². The smallest absolute Gasteiger partial charge is 0.261 e.